The minimum absolute atomic E-state index is 0.556. The Morgan fingerprint density at radius 2 is 2.17 bits per heavy atom. The van der Waals surface area contributed by atoms with Gasteiger partial charge in [0.15, 0.2) is 0 Å². The highest BCUT2D eigenvalue weighted by atomic mass is 35.5. The van der Waals surface area contributed by atoms with Crippen molar-refractivity contribution >= 4 is 11.6 Å². The molecule has 0 fully saturated rings. The maximum absolute atomic E-state index is 10.4. The van der Waals surface area contributed by atoms with Gasteiger partial charge >= 0.3 is 0 Å². The van der Waals surface area contributed by atoms with Crippen molar-refractivity contribution in [2.45, 2.75) is 12.5 Å². The number of pyridine rings is 1. The number of benzene rings is 1. The molecule has 0 amide bonds. The molecule has 0 radical (unpaired) electrons. The first-order valence-corrected chi connectivity index (χ1v) is 6.17. The summed E-state index contributed by atoms with van der Waals surface area (Å²) in [4.78, 5) is 4.14. The van der Waals surface area contributed by atoms with E-state index >= 15 is 0 Å². The van der Waals surface area contributed by atoms with E-state index < -0.39 is 6.10 Å². The zero-order chi connectivity index (χ0) is 12.5. The Balaban J connectivity index is 2.00. The van der Waals surface area contributed by atoms with Gasteiger partial charge in [-0.2, -0.15) is 0 Å². The van der Waals surface area contributed by atoms with Gasteiger partial charge in [-0.1, -0.05) is 29.8 Å². The Morgan fingerprint density at radius 3 is 2.94 bits per heavy atom. The number of aromatic nitrogens is 1. The van der Waals surface area contributed by atoms with E-state index in [1.54, 1.807) is 12.1 Å². The van der Waals surface area contributed by atoms with Crippen LogP contribution in [0.4, 0.5) is 0 Å². The molecule has 1 N–H and O–H groups in total. The van der Waals surface area contributed by atoms with E-state index in [4.69, 9.17) is 16.3 Å². The maximum atomic E-state index is 10.4. The van der Waals surface area contributed by atoms with E-state index in [9.17, 15) is 5.11 Å². The van der Waals surface area contributed by atoms with Gasteiger partial charge in [0.2, 0.25) is 0 Å². The molecule has 1 aromatic heterocycles. The van der Waals surface area contributed by atoms with Gasteiger partial charge in [-0.05, 0) is 17.7 Å². The Hall–Kier alpha value is -1.58. The van der Waals surface area contributed by atoms with E-state index in [0.29, 0.717) is 17.3 Å². The lowest BCUT2D eigenvalue weighted by molar-refractivity contribution is 0.209. The highest BCUT2D eigenvalue weighted by Crippen LogP contribution is 2.35. The Kier molecular flexibility index (Phi) is 2.94. The minimum Gasteiger partial charge on any atom is -0.493 e. The monoisotopic (exact) mass is 261 g/mol. The van der Waals surface area contributed by atoms with Gasteiger partial charge in [0.05, 0.1) is 17.3 Å². The third kappa shape index (κ3) is 1.96. The fraction of sp³-hybridized carbons (Fsp3) is 0.214. The van der Waals surface area contributed by atoms with Crippen molar-refractivity contribution < 1.29 is 9.84 Å². The van der Waals surface area contributed by atoms with Crippen LogP contribution in [0, 0.1) is 0 Å². The second-order valence-corrected chi connectivity index (χ2v) is 4.67. The van der Waals surface area contributed by atoms with Crippen molar-refractivity contribution in [2.24, 2.45) is 0 Å². The number of ether oxygens (including phenoxy) is 1. The van der Waals surface area contributed by atoms with E-state index in [2.05, 4.69) is 4.98 Å². The quantitative estimate of drug-likeness (QED) is 0.904. The maximum Gasteiger partial charge on any atom is 0.128 e. The van der Waals surface area contributed by atoms with Crippen LogP contribution in [-0.4, -0.2) is 16.7 Å². The van der Waals surface area contributed by atoms with Crippen molar-refractivity contribution in [1.82, 2.24) is 4.98 Å². The molecule has 0 bridgehead atoms. The standard InChI is InChI=1S/C14H12ClNO2/c15-10-4-5-12(16-8-10)13(17)11-3-1-2-9-6-7-18-14(9)11/h1-5,8,13,17H,6-7H2. The third-order valence-corrected chi connectivity index (χ3v) is 3.29. The first-order chi connectivity index (χ1) is 8.75. The van der Waals surface area contributed by atoms with Crippen LogP contribution in [0.1, 0.15) is 22.9 Å². The molecule has 1 aromatic carbocycles. The topological polar surface area (TPSA) is 42.4 Å². The highest BCUT2D eigenvalue weighted by Gasteiger charge is 2.22. The van der Waals surface area contributed by atoms with Crippen molar-refractivity contribution in [1.29, 1.82) is 0 Å². The van der Waals surface area contributed by atoms with Gasteiger partial charge < -0.3 is 9.84 Å². The molecule has 1 aliphatic rings. The Bertz CT molecular complexity index is 569. The van der Waals surface area contributed by atoms with Crippen molar-refractivity contribution in [3.63, 3.8) is 0 Å². The van der Waals surface area contributed by atoms with Gasteiger partial charge in [0, 0.05) is 18.2 Å². The highest BCUT2D eigenvalue weighted by molar-refractivity contribution is 6.30. The largest absolute Gasteiger partial charge is 0.493 e. The van der Waals surface area contributed by atoms with Crippen LogP contribution in [0.3, 0.4) is 0 Å². The van der Waals surface area contributed by atoms with E-state index in [0.717, 1.165) is 23.3 Å². The number of aliphatic hydroxyl groups is 1. The van der Waals surface area contributed by atoms with Gasteiger partial charge in [-0.15, -0.1) is 0 Å². The molecule has 0 saturated carbocycles. The SMILES string of the molecule is OC(c1ccc(Cl)cn1)c1cccc2c1OCC2. The number of hydrogen-bond acceptors (Lipinski definition) is 3. The molecule has 2 heterocycles. The van der Waals surface area contributed by atoms with Crippen molar-refractivity contribution in [3.05, 3.63) is 58.4 Å². The predicted molar refractivity (Wildman–Crippen MR) is 68.9 cm³/mol. The lowest BCUT2D eigenvalue weighted by Gasteiger charge is -2.14. The summed E-state index contributed by atoms with van der Waals surface area (Å²) < 4.78 is 5.58. The molecule has 0 spiro atoms. The fourth-order valence-corrected chi connectivity index (χ4v) is 2.28. The molecule has 3 rings (SSSR count). The lowest BCUT2D eigenvalue weighted by Crippen LogP contribution is -2.04. The first-order valence-electron chi connectivity index (χ1n) is 5.80. The summed E-state index contributed by atoms with van der Waals surface area (Å²) in [6.45, 7) is 0.674. The Labute approximate surface area is 110 Å². The smallest absolute Gasteiger partial charge is 0.128 e. The van der Waals surface area contributed by atoms with Crippen LogP contribution in [-0.2, 0) is 6.42 Å². The summed E-state index contributed by atoms with van der Waals surface area (Å²) >= 11 is 5.79. The minimum atomic E-state index is -0.782. The number of halogens is 1. The molecule has 1 atom stereocenters. The zero-order valence-corrected chi connectivity index (χ0v) is 10.4. The second-order valence-electron chi connectivity index (χ2n) is 4.24. The van der Waals surface area contributed by atoms with Crippen LogP contribution in [0.15, 0.2) is 36.5 Å². The number of fused-ring (bicyclic) bond motifs is 1. The average Bonchev–Trinajstić information content (AvgIpc) is 2.87. The summed E-state index contributed by atoms with van der Waals surface area (Å²) in [7, 11) is 0. The van der Waals surface area contributed by atoms with Crippen LogP contribution >= 0.6 is 11.6 Å². The molecule has 2 aromatic rings. The normalized spacial score (nSPS) is 15.0. The van der Waals surface area contributed by atoms with E-state index in [1.807, 2.05) is 18.2 Å². The number of para-hydroxylation sites is 1. The Morgan fingerprint density at radius 1 is 1.28 bits per heavy atom. The molecular formula is C14H12ClNO2. The molecule has 0 saturated heterocycles. The fourth-order valence-electron chi connectivity index (χ4n) is 2.16. The van der Waals surface area contributed by atoms with E-state index in [-0.39, 0.29) is 0 Å². The summed E-state index contributed by atoms with van der Waals surface area (Å²) in [6.07, 6.45) is 1.64. The molecule has 1 aliphatic heterocycles. The summed E-state index contributed by atoms with van der Waals surface area (Å²) in [6, 6.07) is 9.26. The molecule has 4 heteroatoms. The van der Waals surface area contributed by atoms with Crippen LogP contribution in [0.5, 0.6) is 5.75 Å². The van der Waals surface area contributed by atoms with Gasteiger partial charge in [0.1, 0.15) is 11.9 Å². The van der Waals surface area contributed by atoms with Crippen molar-refractivity contribution in [2.75, 3.05) is 6.61 Å². The summed E-state index contributed by atoms with van der Waals surface area (Å²) in [5, 5.41) is 10.9. The number of nitrogens with zero attached hydrogens (tertiary/aromatic N) is 1. The first kappa shape index (κ1) is 11.5. The predicted octanol–water partition coefficient (Wildman–Crippen LogP) is 2.75. The number of aliphatic hydroxyl groups excluding tert-OH is 1. The molecule has 92 valence electrons. The second kappa shape index (κ2) is 4.59. The van der Waals surface area contributed by atoms with E-state index in [1.165, 1.54) is 6.20 Å². The van der Waals surface area contributed by atoms with Crippen molar-refractivity contribution in [3.8, 4) is 5.75 Å². The van der Waals surface area contributed by atoms with Gasteiger partial charge in [-0.25, -0.2) is 0 Å². The lowest BCUT2D eigenvalue weighted by atomic mass is 10.0. The third-order valence-electron chi connectivity index (χ3n) is 3.07. The van der Waals surface area contributed by atoms with Crippen LogP contribution in [0.2, 0.25) is 5.02 Å². The molecule has 18 heavy (non-hydrogen) atoms. The number of hydrogen-bond donors (Lipinski definition) is 1. The van der Waals surface area contributed by atoms with Gasteiger partial charge in [0.25, 0.3) is 0 Å². The molecule has 0 aliphatic carbocycles. The molecule has 1 unspecified atom stereocenters. The molecule has 3 nitrogen and oxygen atoms in total. The van der Waals surface area contributed by atoms with Crippen LogP contribution < -0.4 is 4.74 Å². The summed E-state index contributed by atoms with van der Waals surface area (Å²) in [5.74, 6) is 0.793. The van der Waals surface area contributed by atoms with Gasteiger partial charge in [-0.3, -0.25) is 4.98 Å². The summed E-state index contributed by atoms with van der Waals surface area (Å²) in [5.41, 5.74) is 2.48. The molecular weight excluding hydrogens is 250 g/mol. The zero-order valence-electron chi connectivity index (χ0n) is 9.64. The average molecular weight is 262 g/mol. The van der Waals surface area contributed by atoms with Crippen LogP contribution in [0.25, 0.3) is 0 Å². The number of rotatable bonds is 2.